The summed E-state index contributed by atoms with van der Waals surface area (Å²) in [4.78, 5) is 17.2. The van der Waals surface area contributed by atoms with Gasteiger partial charge in [0, 0.05) is 25.7 Å². The second kappa shape index (κ2) is 8.14. The maximum atomic E-state index is 12.5. The van der Waals surface area contributed by atoms with Gasteiger partial charge in [0.1, 0.15) is 0 Å². The van der Waals surface area contributed by atoms with E-state index in [1.54, 1.807) is 0 Å². The van der Waals surface area contributed by atoms with Gasteiger partial charge in [-0.05, 0) is 51.6 Å². The van der Waals surface area contributed by atoms with E-state index in [1.807, 2.05) is 13.8 Å². The highest BCUT2D eigenvalue weighted by Gasteiger charge is 2.29. The molecule has 0 spiro atoms. The van der Waals surface area contributed by atoms with E-state index in [1.165, 1.54) is 51.7 Å². The van der Waals surface area contributed by atoms with Crippen LogP contribution in [0.4, 0.5) is 0 Å². The molecule has 0 aromatic rings. The van der Waals surface area contributed by atoms with Gasteiger partial charge in [-0.15, -0.1) is 0 Å². The minimum atomic E-state index is -0.0538. The van der Waals surface area contributed by atoms with Gasteiger partial charge in [0.05, 0.1) is 5.92 Å². The molecule has 3 unspecified atom stereocenters. The molecular weight excluding hydrogens is 262 g/mol. The predicted octanol–water partition coefficient (Wildman–Crippen LogP) is 2.08. The van der Waals surface area contributed by atoms with E-state index < -0.39 is 0 Å². The molecule has 4 nitrogen and oxygen atoms in total. The van der Waals surface area contributed by atoms with Crippen LogP contribution in [0.1, 0.15) is 52.4 Å². The van der Waals surface area contributed by atoms with E-state index in [2.05, 4.69) is 9.80 Å². The van der Waals surface area contributed by atoms with Crippen molar-refractivity contribution in [3.05, 3.63) is 0 Å². The van der Waals surface area contributed by atoms with Crippen LogP contribution >= 0.6 is 0 Å². The van der Waals surface area contributed by atoms with Crippen molar-refractivity contribution in [3.63, 3.8) is 0 Å². The molecule has 0 aliphatic carbocycles. The first-order valence-corrected chi connectivity index (χ1v) is 8.84. The van der Waals surface area contributed by atoms with Gasteiger partial charge in [-0.3, -0.25) is 4.79 Å². The van der Waals surface area contributed by atoms with Gasteiger partial charge in [0.2, 0.25) is 5.91 Å². The minimum absolute atomic E-state index is 0.0523. The topological polar surface area (TPSA) is 49.6 Å². The summed E-state index contributed by atoms with van der Waals surface area (Å²) in [5.41, 5.74) is 5.89. The first-order chi connectivity index (χ1) is 10.1. The lowest BCUT2D eigenvalue weighted by Crippen LogP contribution is -2.48. The number of hydrogen-bond donors (Lipinski definition) is 1. The van der Waals surface area contributed by atoms with Crippen LogP contribution in [0.5, 0.6) is 0 Å². The van der Waals surface area contributed by atoms with Gasteiger partial charge < -0.3 is 15.5 Å². The molecule has 1 amide bonds. The average molecular weight is 295 g/mol. The molecule has 3 atom stereocenters. The number of nitrogens with zero attached hydrogens (tertiary/aromatic N) is 2. The second-order valence-electron chi connectivity index (χ2n) is 7.16. The summed E-state index contributed by atoms with van der Waals surface area (Å²) >= 11 is 0. The Hall–Kier alpha value is -0.610. The molecule has 21 heavy (non-hydrogen) atoms. The number of likely N-dealkylation sites (tertiary alicyclic amines) is 2. The smallest absolute Gasteiger partial charge is 0.226 e. The van der Waals surface area contributed by atoms with Crippen molar-refractivity contribution in [3.8, 4) is 0 Å². The van der Waals surface area contributed by atoms with Crippen LogP contribution in [0.3, 0.4) is 0 Å². The first kappa shape index (κ1) is 16.8. The predicted molar refractivity (Wildman–Crippen MR) is 87.0 cm³/mol. The third kappa shape index (κ3) is 4.96. The number of carbonyl (C=O) groups is 1. The number of amides is 1. The van der Waals surface area contributed by atoms with Crippen LogP contribution in [-0.4, -0.2) is 54.5 Å². The van der Waals surface area contributed by atoms with E-state index in [-0.39, 0.29) is 17.9 Å². The van der Waals surface area contributed by atoms with Gasteiger partial charge in [-0.2, -0.15) is 0 Å². The molecule has 0 saturated carbocycles. The largest absolute Gasteiger partial charge is 0.342 e. The number of hydrogen-bond acceptors (Lipinski definition) is 3. The van der Waals surface area contributed by atoms with Crippen molar-refractivity contribution >= 4 is 5.91 Å². The van der Waals surface area contributed by atoms with Crippen LogP contribution < -0.4 is 5.73 Å². The molecule has 2 saturated heterocycles. The van der Waals surface area contributed by atoms with Crippen LogP contribution in [0, 0.1) is 11.8 Å². The summed E-state index contributed by atoms with van der Waals surface area (Å²) in [6.07, 6.45) is 7.88. The van der Waals surface area contributed by atoms with Crippen molar-refractivity contribution in [1.29, 1.82) is 0 Å². The molecule has 0 aromatic carbocycles. The summed E-state index contributed by atoms with van der Waals surface area (Å²) in [5, 5.41) is 0. The maximum Gasteiger partial charge on any atom is 0.226 e. The molecule has 122 valence electrons. The lowest BCUT2D eigenvalue weighted by atomic mass is 9.94. The van der Waals surface area contributed by atoms with Crippen molar-refractivity contribution < 1.29 is 4.79 Å². The van der Waals surface area contributed by atoms with Gasteiger partial charge in [-0.25, -0.2) is 0 Å². The fraction of sp³-hybridized carbons (Fsp3) is 0.941. The lowest BCUT2D eigenvalue weighted by molar-refractivity contribution is -0.137. The SMILES string of the molecule is CC(N)C(C)C(=O)N1CCCC(CN2CCCCCC2)C1. The number of carbonyl (C=O) groups excluding carboxylic acids is 1. The quantitative estimate of drug-likeness (QED) is 0.864. The Morgan fingerprint density at radius 1 is 1.10 bits per heavy atom. The molecule has 2 aliphatic heterocycles. The molecule has 2 rings (SSSR count). The number of nitrogens with two attached hydrogens (primary N) is 1. The highest BCUT2D eigenvalue weighted by atomic mass is 16.2. The molecule has 2 aliphatic rings. The third-order valence-corrected chi connectivity index (χ3v) is 5.22. The summed E-state index contributed by atoms with van der Waals surface area (Å²) in [6, 6.07) is -0.0523. The molecule has 0 bridgehead atoms. The van der Waals surface area contributed by atoms with Crippen LogP contribution in [-0.2, 0) is 4.79 Å². The molecule has 2 heterocycles. The fourth-order valence-corrected chi connectivity index (χ4v) is 3.61. The van der Waals surface area contributed by atoms with Crippen molar-refractivity contribution in [2.24, 2.45) is 17.6 Å². The molecular formula is C17H33N3O. The monoisotopic (exact) mass is 295 g/mol. The highest BCUT2D eigenvalue weighted by Crippen LogP contribution is 2.21. The lowest BCUT2D eigenvalue weighted by Gasteiger charge is -2.37. The second-order valence-corrected chi connectivity index (χ2v) is 7.16. The van der Waals surface area contributed by atoms with Crippen molar-refractivity contribution in [2.75, 3.05) is 32.7 Å². The summed E-state index contributed by atoms with van der Waals surface area (Å²) in [7, 11) is 0. The average Bonchev–Trinajstić information content (AvgIpc) is 2.74. The van der Waals surface area contributed by atoms with Crippen LogP contribution in [0.25, 0.3) is 0 Å². The van der Waals surface area contributed by atoms with Gasteiger partial charge in [0.15, 0.2) is 0 Å². The third-order valence-electron chi connectivity index (χ3n) is 5.22. The van der Waals surface area contributed by atoms with E-state index >= 15 is 0 Å². The molecule has 2 fully saturated rings. The fourth-order valence-electron chi connectivity index (χ4n) is 3.61. The maximum absolute atomic E-state index is 12.5. The van der Waals surface area contributed by atoms with Crippen molar-refractivity contribution in [1.82, 2.24) is 9.80 Å². The number of rotatable bonds is 4. The molecule has 2 N–H and O–H groups in total. The van der Waals surface area contributed by atoms with Gasteiger partial charge in [-0.1, -0.05) is 19.8 Å². The first-order valence-electron chi connectivity index (χ1n) is 8.84. The molecule has 4 heteroatoms. The van der Waals surface area contributed by atoms with Crippen LogP contribution in [0.15, 0.2) is 0 Å². The summed E-state index contributed by atoms with van der Waals surface area (Å²) in [6.45, 7) is 9.43. The summed E-state index contributed by atoms with van der Waals surface area (Å²) < 4.78 is 0. The van der Waals surface area contributed by atoms with Gasteiger partial charge in [0.25, 0.3) is 0 Å². The molecule has 0 aromatic heterocycles. The Balaban J connectivity index is 1.83. The zero-order valence-corrected chi connectivity index (χ0v) is 13.9. The Labute approximate surface area is 130 Å². The van der Waals surface area contributed by atoms with E-state index in [0.717, 1.165) is 19.5 Å². The Kier molecular flexibility index (Phi) is 6.49. The molecule has 0 radical (unpaired) electrons. The van der Waals surface area contributed by atoms with E-state index in [0.29, 0.717) is 5.92 Å². The minimum Gasteiger partial charge on any atom is -0.342 e. The highest BCUT2D eigenvalue weighted by molar-refractivity contribution is 5.79. The Bertz CT molecular complexity index is 324. The summed E-state index contributed by atoms with van der Waals surface area (Å²) in [5.74, 6) is 0.855. The zero-order chi connectivity index (χ0) is 15.2. The normalized spacial score (nSPS) is 28.0. The van der Waals surface area contributed by atoms with E-state index in [9.17, 15) is 4.79 Å². The standard InChI is InChI=1S/C17H33N3O/c1-14(15(2)18)17(21)20-11-7-8-16(13-20)12-19-9-5-3-4-6-10-19/h14-16H,3-13,18H2,1-2H3. The van der Waals surface area contributed by atoms with Gasteiger partial charge >= 0.3 is 0 Å². The van der Waals surface area contributed by atoms with Crippen LogP contribution in [0.2, 0.25) is 0 Å². The van der Waals surface area contributed by atoms with Crippen molar-refractivity contribution in [2.45, 2.75) is 58.4 Å². The Morgan fingerprint density at radius 3 is 2.38 bits per heavy atom. The number of piperidine rings is 1. The Morgan fingerprint density at radius 2 is 1.76 bits per heavy atom. The zero-order valence-electron chi connectivity index (χ0n) is 13.9. The van der Waals surface area contributed by atoms with E-state index in [4.69, 9.17) is 5.73 Å².